The van der Waals surface area contributed by atoms with E-state index in [4.69, 9.17) is 16.0 Å². The van der Waals surface area contributed by atoms with Crippen LogP contribution in [0.15, 0.2) is 40.3 Å². The fourth-order valence-corrected chi connectivity index (χ4v) is 4.14. The summed E-state index contributed by atoms with van der Waals surface area (Å²) in [7, 11) is 0. The van der Waals surface area contributed by atoms with Crippen molar-refractivity contribution in [3.8, 4) is 11.3 Å². The van der Waals surface area contributed by atoms with Gasteiger partial charge in [0.2, 0.25) is 0 Å². The number of nitrogens with one attached hydrogen (secondary N) is 1. The minimum Gasteiger partial charge on any atom is -0.457 e. The van der Waals surface area contributed by atoms with Crippen LogP contribution in [-0.2, 0) is 9.59 Å². The molecule has 1 saturated heterocycles. The zero-order valence-corrected chi connectivity index (χ0v) is 17.1. The summed E-state index contributed by atoms with van der Waals surface area (Å²) in [6.07, 6.45) is 5.61. The molecular formula is C21H18ClN3O6. The third-order valence-electron chi connectivity index (χ3n) is 5.42. The Morgan fingerprint density at radius 3 is 2.55 bits per heavy atom. The number of halogens is 1. The number of urea groups is 1. The maximum Gasteiger partial charge on any atom is 0.331 e. The quantitative estimate of drug-likeness (QED) is 0.325. The summed E-state index contributed by atoms with van der Waals surface area (Å²) in [5.74, 6) is -0.906. The Balaban J connectivity index is 1.62. The van der Waals surface area contributed by atoms with Gasteiger partial charge < -0.3 is 4.42 Å². The second kappa shape index (κ2) is 8.35. The number of benzene rings is 1. The van der Waals surface area contributed by atoms with E-state index in [0.717, 1.165) is 24.2 Å². The molecule has 0 spiro atoms. The highest BCUT2D eigenvalue weighted by atomic mass is 35.5. The van der Waals surface area contributed by atoms with Crippen LogP contribution in [-0.4, -0.2) is 33.7 Å². The molecule has 2 fully saturated rings. The summed E-state index contributed by atoms with van der Waals surface area (Å²) in [6, 6.07) is 6.16. The average molecular weight is 444 g/mol. The topological polar surface area (TPSA) is 123 Å². The van der Waals surface area contributed by atoms with Crippen LogP contribution in [0, 0.1) is 10.1 Å². The summed E-state index contributed by atoms with van der Waals surface area (Å²) in [4.78, 5) is 49.0. The van der Waals surface area contributed by atoms with Crippen LogP contribution < -0.4 is 5.32 Å². The Hall–Kier alpha value is -3.46. The molecular weight excluding hydrogens is 426 g/mol. The molecule has 2 aliphatic rings. The zero-order valence-electron chi connectivity index (χ0n) is 16.3. The number of hydrogen-bond acceptors (Lipinski definition) is 6. The van der Waals surface area contributed by atoms with E-state index in [-0.39, 0.29) is 28.1 Å². The standard InChI is InChI=1S/C21H18ClN3O6/c22-17-10-13(25(29)30)6-8-15(17)18-9-7-14(31-18)11-16-19(26)23-21(28)24(20(16)27)12-4-2-1-3-5-12/h6-12H,1-5H2,(H,23,26,28). The normalized spacial score (nSPS) is 19.1. The van der Waals surface area contributed by atoms with E-state index in [2.05, 4.69) is 5.32 Å². The molecule has 1 N–H and O–H groups in total. The van der Waals surface area contributed by atoms with Crippen molar-refractivity contribution in [2.75, 3.05) is 0 Å². The van der Waals surface area contributed by atoms with Crippen molar-refractivity contribution in [3.63, 3.8) is 0 Å². The molecule has 0 radical (unpaired) electrons. The lowest BCUT2D eigenvalue weighted by Gasteiger charge is -2.35. The number of imide groups is 2. The van der Waals surface area contributed by atoms with E-state index in [1.54, 1.807) is 12.1 Å². The molecule has 4 amide bonds. The number of rotatable bonds is 4. The van der Waals surface area contributed by atoms with Crippen LogP contribution >= 0.6 is 11.6 Å². The largest absolute Gasteiger partial charge is 0.457 e. The molecule has 0 atom stereocenters. The van der Waals surface area contributed by atoms with Crippen molar-refractivity contribution in [2.45, 2.75) is 38.1 Å². The number of barbiturate groups is 1. The third-order valence-corrected chi connectivity index (χ3v) is 5.73. The fraction of sp³-hybridized carbons (Fsp3) is 0.286. The highest BCUT2D eigenvalue weighted by Gasteiger charge is 2.40. The van der Waals surface area contributed by atoms with Crippen molar-refractivity contribution in [1.29, 1.82) is 0 Å². The van der Waals surface area contributed by atoms with Crippen molar-refractivity contribution in [3.05, 3.63) is 56.8 Å². The molecule has 4 rings (SSSR count). The smallest absolute Gasteiger partial charge is 0.331 e. The van der Waals surface area contributed by atoms with Gasteiger partial charge in [0, 0.05) is 23.7 Å². The molecule has 31 heavy (non-hydrogen) atoms. The molecule has 1 saturated carbocycles. The minimum atomic E-state index is -0.784. The highest BCUT2D eigenvalue weighted by molar-refractivity contribution is 6.33. The van der Waals surface area contributed by atoms with Gasteiger partial charge in [0.15, 0.2) is 0 Å². The van der Waals surface area contributed by atoms with Crippen LogP contribution in [0.1, 0.15) is 37.9 Å². The lowest BCUT2D eigenvalue weighted by atomic mass is 9.93. The Bertz CT molecular complexity index is 1120. The van der Waals surface area contributed by atoms with Crippen molar-refractivity contribution >= 4 is 41.2 Å². The Labute approximate surface area is 181 Å². The molecule has 2 heterocycles. The predicted octanol–water partition coefficient (Wildman–Crippen LogP) is 4.30. The molecule has 10 heteroatoms. The van der Waals surface area contributed by atoms with Crippen LogP contribution in [0.5, 0.6) is 0 Å². The SMILES string of the molecule is O=C1NC(=O)N(C2CCCCC2)C(=O)C1=Cc1ccc(-c2ccc([N+](=O)[O-])cc2Cl)o1. The summed E-state index contributed by atoms with van der Waals surface area (Å²) >= 11 is 6.13. The van der Waals surface area contributed by atoms with E-state index in [1.807, 2.05) is 0 Å². The molecule has 2 aromatic rings. The summed E-state index contributed by atoms with van der Waals surface area (Å²) in [5.41, 5.74) is 0.0795. The van der Waals surface area contributed by atoms with E-state index in [1.165, 1.54) is 24.3 Å². The first kappa shape index (κ1) is 20.8. The number of carbonyl (C=O) groups excluding carboxylic acids is 3. The van der Waals surface area contributed by atoms with Crippen LogP contribution in [0.2, 0.25) is 5.02 Å². The molecule has 0 unspecified atom stereocenters. The molecule has 160 valence electrons. The third kappa shape index (κ3) is 4.09. The second-order valence-corrected chi connectivity index (χ2v) is 7.81. The van der Waals surface area contributed by atoms with Crippen molar-refractivity contribution < 1.29 is 23.7 Å². The van der Waals surface area contributed by atoms with Gasteiger partial charge in [-0.25, -0.2) is 4.79 Å². The number of nitro groups is 1. The van der Waals surface area contributed by atoms with Gasteiger partial charge in [-0.15, -0.1) is 0 Å². The molecule has 9 nitrogen and oxygen atoms in total. The average Bonchev–Trinajstić information content (AvgIpc) is 3.20. The first-order valence-electron chi connectivity index (χ1n) is 9.80. The lowest BCUT2D eigenvalue weighted by molar-refractivity contribution is -0.384. The second-order valence-electron chi connectivity index (χ2n) is 7.41. The molecule has 1 aliphatic carbocycles. The number of nitrogens with zero attached hydrogens (tertiary/aromatic N) is 2. The van der Waals surface area contributed by atoms with Crippen LogP contribution in [0.25, 0.3) is 17.4 Å². The zero-order chi connectivity index (χ0) is 22.1. The lowest BCUT2D eigenvalue weighted by Crippen LogP contribution is -2.58. The van der Waals surface area contributed by atoms with Gasteiger partial charge in [-0.3, -0.25) is 29.9 Å². The van der Waals surface area contributed by atoms with Gasteiger partial charge in [-0.2, -0.15) is 0 Å². The number of hydrogen-bond donors (Lipinski definition) is 1. The van der Waals surface area contributed by atoms with Crippen molar-refractivity contribution in [1.82, 2.24) is 10.2 Å². The highest BCUT2D eigenvalue weighted by Crippen LogP contribution is 2.33. The predicted molar refractivity (Wildman–Crippen MR) is 111 cm³/mol. The Morgan fingerprint density at radius 2 is 1.87 bits per heavy atom. The van der Waals surface area contributed by atoms with Crippen LogP contribution in [0.3, 0.4) is 0 Å². The van der Waals surface area contributed by atoms with Crippen molar-refractivity contribution in [2.24, 2.45) is 0 Å². The maximum atomic E-state index is 12.9. The molecule has 1 aliphatic heterocycles. The van der Waals surface area contributed by atoms with E-state index >= 15 is 0 Å². The van der Waals surface area contributed by atoms with Gasteiger partial charge in [0.05, 0.1) is 9.95 Å². The fourth-order valence-electron chi connectivity index (χ4n) is 3.88. The number of non-ortho nitro benzene ring substituents is 1. The monoisotopic (exact) mass is 443 g/mol. The number of furan rings is 1. The molecule has 1 aromatic carbocycles. The van der Waals surface area contributed by atoms with Gasteiger partial charge >= 0.3 is 6.03 Å². The summed E-state index contributed by atoms with van der Waals surface area (Å²) in [5, 5.41) is 13.2. The number of nitro benzene ring substituents is 1. The molecule has 0 bridgehead atoms. The first-order chi connectivity index (χ1) is 14.8. The minimum absolute atomic E-state index is 0.128. The Morgan fingerprint density at radius 1 is 1.13 bits per heavy atom. The van der Waals surface area contributed by atoms with Gasteiger partial charge in [0.25, 0.3) is 17.5 Å². The van der Waals surface area contributed by atoms with Crippen LogP contribution in [0.4, 0.5) is 10.5 Å². The number of carbonyl (C=O) groups is 3. The number of amides is 4. The molecule has 1 aromatic heterocycles. The first-order valence-corrected chi connectivity index (χ1v) is 10.2. The van der Waals surface area contributed by atoms with E-state index in [0.29, 0.717) is 24.2 Å². The van der Waals surface area contributed by atoms with Gasteiger partial charge in [-0.1, -0.05) is 30.9 Å². The van der Waals surface area contributed by atoms with Gasteiger partial charge in [-0.05, 0) is 37.1 Å². The maximum absolute atomic E-state index is 12.9. The Kier molecular flexibility index (Phi) is 5.60. The van der Waals surface area contributed by atoms with E-state index in [9.17, 15) is 24.5 Å². The summed E-state index contributed by atoms with van der Waals surface area (Å²) in [6.45, 7) is 0. The summed E-state index contributed by atoms with van der Waals surface area (Å²) < 4.78 is 5.69. The van der Waals surface area contributed by atoms with Gasteiger partial charge in [0.1, 0.15) is 17.1 Å². The van der Waals surface area contributed by atoms with E-state index < -0.39 is 22.8 Å².